The second kappa shape index (κ2) is 7.98. The van der Waals surface area contributed by atoms with Crippen LogP contribution in [0.3, 0.4) is 0 Å². The smallest absolute Gasteiger partial charge is 0.256 e. The van der Waals surface area contributed by atoms with Crippen molar-refractivity contribution in [3.8, 4) is 0 Å². The van der Waals surface area contributed by atoms with E-state index < -0.39 is 5.60 Å². The van der Waals surface area contributed by atoms with E-state index in [0.717, 1.165) is 17.5 Å². The highest BCUT2D eigenvalue weighted by Crippen LogP contribution is 2.25. The van der Waals surface area contributed by atoms with Crippen LogP contribution in [-0.4, -0.2) is 46.6 Å². The van der Waals surface area contributed by atoms with Crippen LogP contribution in [0.5, 0.6) is 0 Å². The molecule has 1 atom stereocenters. The number of hydrogen-bond acceptors (Lipinski definition) is 3. The molecule has 1 aliphatic rings. The maximum absolute atomic E-state index is 13.1. The molecule has 1 fully saturated rings. The van der Waals surface area contributed by atoms with E-state index in [4.69, 9.17) is 0 Å². The minimum absolute atomic E-state index is 0.243. The fourth-order valence-corrected chi connectivity index (χ4v) is 3.57. The van der Waals surface area contributed by atoms with Crippen molar-refractivity contribution in [2.24, 2.45) is 0 Å². The van der Waals surface area contributed by atoms with Crippen LogP contribution in [0.2, 0.25) is 0 Å². The zero-order valence-corrected chi connectivity index (χ0v) is 15.1. The Hall–Kier alpha value is -2.24. The molecule has 0 saturated carbocycles. The Bertz CT molecular complexity index is 735. The van der Waals surface area contributed by atoms with Crippen molar-refractivity contribution in [2.45, 2.75) is 31.5 Å². The highest BCUT2D eigenvalue weighted by Gasteiger charge is 2.42. The van der Waals surface area contributed by atoms with Crippen LogP contribution in [0.25, 0.3) is 0 Å². The zero-order chi connectivity index (χ0) is 18.6. The fourth-order valence-electron chi connectivity index (χ4n) is 3.57. The van der Waals surface area contributed by atoms with Gasteiger partial charge in [-0.15, -0.1) is 0 Å². The summed E-state index contributed by atoms with van der Waals surface area (Å²) in [6, 6.07) is 16.1. The van der Waals surface area contributed by atoms with Crippen LogP contribution < -0.4 is 0 Å². The molecule has 0 bridgehead atoms. The monoisotopic (exact) mass is 356 g/mol. The Labute approximate surface area is 153 Å². The minimum atomic E-state index is -1.37. The van der Waals surface area contributed by atoms with Crippen LogP contribution in [-0.2, 0) is 17.9 Å². The molecule has 1 amide bonds. The van der Waals surface area contributed by atoms with Crippen molar-refractivity contribution >= 4 is 5.91 Å². The van der Waals surface area contributed by atoms with Gasteiger partial charge in [-0.3, -0.25) is 9.69 Å². The lowest BCUT2D eigenvalue weighted by Crippen LogP contribution is -2.57. The molecule has 0 aliphatic carbocycles. The van der Waals surface area contributed by atoms with Crippen molar-refractivity contribution in [1.29, 1.82) is 0 Å². The van der Waals surface area contributed by atoms with Gasteiger partial charge in [0.1, 0.15) is 5.82 Å². The van der Waals surface area contributed by atoms with Gasteiger partial charge in [0.15, 0.2) is 5.60 Å². The molecule has 2 aromatic carbocycles. The van der Waals surface area contributed by atoms with E-state index in [1.165, 1.54) is 12.1 Å². The quantitative estimate of drug-likeness (QED) is 0.866. The molecule has 5 heteroatoms. The molecule has 1 aliphatic heterocycles. The van der Waals surface area contributed by atoms with Gasteiger partial charge in [-0.1, -0.05) is 42.5 Å². The van der Waals surface area contributed by atoms with Gasteiger partial charge < -0.3 is 10.0 Å². The van der Waals surface area contributed by atoms with Crippen LogP contribution in [0.1, 0.15) is 24.0 Å². The molecular weight excluding hydrogens is 331 g/mol. The first-order valence-corrected chi connectivity index (χ1v) is 8.95. The van der Waals surface area contributed by atoms with E-state index in [0.29, 0.717) is 32.6 Å². The molecule has 0 spiro atoms. The first kappa shape index (κ1) is 18.5. The Morgan fingerprint density at radius 3 is 2.50 bits per heavy atom. The summed E-state index contributed by atoms with van der Waals surface area (Å²) < 4.78 is 13.1. The summed E-state index contributed by atoms with van der Waals surface area (Å²) in [7, 11) is 1.91. The summed E-state index contributed by atoms with van der Waals surface area (Å²) in [5.74, 6) is -0.536. The Morgan fingerprint density at radius 2 is 1.81 bits per heavy atom. The number of nitrogens with zero attached hydrogens (tertiary/aromatic N) is 2. The standard InChI is InChI=1S/C21H25FN2O2/c1-23(14-17-6-3-2-4-7-17)16-21(26)12-5-13-24(20(21)25)15-18-8-10-19(22)11-9-18/h2-4,6-11,26H,5,12-16H2,1H3/t21-/m1/s1. The van der Waals surface area contributed by atoms with Crippen LogP contribution in [0.15, 0.2) is 54.6 Å². The topological polar surface area (TPSA) is 43.8 Å². The number of likely N-dealkylation sites (tertiary alicyclic amines) is 1. The van der Waals surface area contributed by atoms with E-state index in [1.807, 2.05) is 42.3 Å². The molecule has 4 nitrogen and oxygen atoms in total. The molecule has 0 aromatic heterocycles. The average molecular weight is 356 g/mol. The molecule has 0 radical (unpaired) electrons. The van der Waals surface area contributed by atoms with Crippen LogP contribution in [0, 0.1) is 5.82 Å². The molecule has 1 saturated heterocycles. The number of amides is 1. The maximum atomic E-state index is 13.1. The highest BCUT2D eigenvalue weighted by molar-refractivity contribution is 5.86. The number of carbonyl (C=O) groups is 1. The molecule has 0 unspecified atom stereocenters. The third-order valence-electron chi connectivity index (χ3n) is 4.82. The lowest BCUT2D eigenvalue weighted by Gasteiger charge is -2.40. The molecule has 3 rings (SSSR count). The minimum Gasteiger partial charge on any atom is -0.379 e. The molecule has 1 N–H and O–H groups in total. The van der Waals surface area contributed by atoms with E-state index >= 15 is 0 Å². The normalized spacial score (nSPS) is 20.6. The first-order chi connectivity index (χ1) is 12.5. The number of hydrogen-bond donors (Lipinski definition) is 1. The largest absolute Gasteiger partial charge is 0.379 e. The van der Waals surface area contributed by atoms with E-state index in [2.05, 4.69) is 0 Å². The zero-order valence-electron chi connectivity index (χ0n) is 15.1. The Kier molecular flexibility index (Phi) is 5.69. The fraction of sp³-hybridized carbons (Fsp3) is 0.381. The molecule has 138 valence electrons. The second-order valence-corrected chi connectivity index (χ2v) is 7.15. The third-order valence-corrected chi connectivity index (χ3v) is 4.82. The summed E-state index contributed by atoms with van der Waals surface area (Å²) in [4.78, 5) is 16.5. The Morgan fingerprint density at radius 1 is 1.12 bits per heavy atom. The number of carbonyl (C=O) groups excluding carboxylic acids is 1. The molecule has 2 aromatic rings. The van der Waals surface area contributed by atoms with Gasteiger partial charge in [0.25, 0.3) is 5.91 Å². The van der Waals surface area contributed by atoms with Crippen molar-refractivity contribution in [3.63, 3.8) is 0 Å². The number of likely N-dealkylation sites (N-methyl/N-ethyl adjacent to an activating group) is 1. The summed E-state index contributed by atoms with van der Waals surface area (Å²) in [6.07, 6.45) is 1.22. The predicted octanol–water partition coefficient (Wildman–Crippen LogP) is 2.81. The number of rotatable bonds is 6. The van der Waals surface area contributed by atoms with Crippen LogP contribution in [0.4, 0.5) is 4.39 Å². The SMILES string of the molecule is CN(Cc1ccccc1)C[C@]1(O)CCCN(Cc2ccc(F)cc2)C1=O. The lowest BCUT2D eigenvalue weighted by atomic mass is 9.90. The number of aliphatic hydroxyl groups is 1. The number of benzene rings is 2. The van der Waals surface area contributed by atoms with E-state index in [-0.39, 0.29) is 11.7 Å². The van der Waals surface area contributed by atoms with Crippen molar-refractivity contribution in [3.05, 3.63) is 71.5 Å². The average Bonchev–Trinajstić information content (AvgIpc) is 2.62. The van der Waals surface area contributed by atoms with Crippen LogP contribution >= 0.6 is 0 Å². The summed E-state index contributed by atoms with van der Waals surface area (Å²) >= 11 is 0. The number of halogens is 1. The van der Waals surface area contributed by atoms with Crippen molar-refractivity contribution < 1.29 is 14.3 Å². The summed E-state index contributed by atoms with van der Waals surface area (Å²) in [5.41, 5.74) is 0.633. The Balaban J connectivity index is 1.64. The van der Waals surface area contributed by atoms with Gasteiger partial charge in [-0.25, -0.2) is 4.39 Å². The van der Waals surface area contributed by atoms with Gasteiger partial charge in [-0.2, -0.15) is 0 Å². The first-order valence-electron chi connectivity index (χ1n) is 8.95. The van der Waals surface area contributed by atoms with Gasteiger partial charge in [0.05, 0.1) is 0 Å². The maximum Gasteiger partial charge on any atom is 0.256 e. The van der Waals surface area contributed by atoms with Crippen molar-refractivity contribution in [2.75, 3.05) is 20.1 Å². The lowest BCUT2D eigenvalue weighted by molar-refractivity contribution is -0.160. The predicted molar refractivity (Wildman–Crippen MR) is 98.8 cm³/mol. The van der Waals surface area contributed by atoms with Gasteiger partial charge in [0, 0.05) is 26.2 Å². The summed E-state index contributed by atoms with van der Waals surface area (Å²) in [5, 5.41) is 11.0. The van der Waals surface area contributed by atoms with E-state index in [1.54, 1.807) is 17.0 Å². The third kappa shape index (κ3) is 4.48. The van der Waals surface area contributed by atoms with Gasteiger partial charge in [-0.05, 0) is 43.1 Å². The second-order valence-electron chi connectivity index (χ2n) is 7.15. The van der Waals surface area contributed by atoms with Gasteiger partial charge in [0.2, 0.25) is 0 Å². The van der Waals surface area contributed by atoms with Gasteiger partial charge >= 0.3 is 0 Å². The van der Waals surface area contributed by atoms with Crippen molar-refractivity contribution in [1.82, 2.24) is 9.80 Å². The summed E-state index contributed by atoms with van der Waals surface area (Å²) in [6.45, 7) is 1.97. The molecular formula is C21H25FN2O2. The molecule has 26 heavy (non-hydrogen) atoms. The number of piperidine rings is 1. The van der Waals surface area contributed by atoms with E-state index in [9.17, 15) is 14.3 Å². The highest BCUT2D eigenvalue weighted by atomic mass is 19.1. The molecule has 1 heterocycles.